The van der Waals surface area contributed by atoms with Gasteiger partial charge in [0.2, 0.25) is 5.91 Å². The highest BCUT2D eigenvalue weighted by Gasteiger charge is 2.38. The molecule has 2 atom stereocenters. The van der Waals surface area contributed by atoms with Crippen LogP contribution in [0.3, 0.4) is 0 Å². The van der Waals surface area contributed by atoms with Crippen molar-refractivity contribution in [1.29, 1.82) is 0 Å². The third-order valence-corrected chi connectivity index (χ3v) is 3.15. The number of carbonyl (C=O) groups is 1. The van der Waals surface area contributed by atoms with Crippen LogP contribution in [0.1, 0.15) is 13.3 Å². The Morgan fingerprint density at radius 3 is 3.12 bits per heavy atom. The number of amides is 1. The van der Waals surface area contributed by atoms with Crippen LogP contribution in [0.15, 0.2) is 24.4 Å². The summed E-state index contributed by atoms with van der Waals surface area (Å²) < 4.78 is 0. The molecule has 2 aromatic rings. The Morgan fingerprint density at radius 1 is 1.56 bits per heavy atom. The maximum atomic E-state index is 11.7. The van der Waals surface area contributed by atoms with Crippen LogP contribution in [0.4, 0.5) is 5.69 Å². The van der Waals surface area contributed by atoms with Crippen molar-refractivity contribution >= 4 is 22.5 Å². The number of fused-ring (bicyclic) bond motifs is 1. The molecule has 1 heterocycles. The van der Waals surface area contributed by atoms with Gasteiger partial charge in [0, 0.05) is 17.0 Å². The fourth-order valence-electron chi connectivity index (χ4n) is 1.94. The molecule has 4 nitrogen and oxygen atoms in total. The summed E-state index contributed by atoms with van der Waals surface area (Å²) in [6, 6.07) is 5.75. The van der Waals surface area contributed by atoms with Crippen LogP contribution in [0.2, 0.25) is 0 Å². The van der Waals surface area contributed by atoms with Gasteiger partial charge in [-0.1, -0.05) is 6.92 Å². The van der Waals surface area contributed by atoms with Gasteiger partial charge in [-0.2, -0.15) is 5.10 Å². The number of benzene rings is 1. The van der Waals surface area contributed by atoms with Gasteiger partial charge in [0.15, 0.2) is 0 Å². The van der Waals surface area contributed by atoms with Crippen molar-refractivity contribution in [2.45, 2.75) is 13.3 Å². The maximum Gasteiger partial charge on any atom is 0.227 e. The molecule has 0 bridgehead atoms. The van der Waals surface area contributed by atoms with Gasteiger partial charge in [0.25, 0.3) is 0 Å². The van der Waals surface area contributed by atoms with Crippen LogP contribution in [-0.4, -0.2) is 16.1 Å². The molecule has 1 aliphatic rings. The van der Waals surface area contributed by atoms with E-state index in [0.29, 0.717) is 5.92 Å². The van der Waals surface area contributed by atoms with E-state index in [4.69, 9.17) is 0 Å². The second-order valence-corrected chi connectivity index (χ2v) is 4.48. The minimum atomic E-state index is 0.135. The van der Waals surface area contributed by atoms with Crippen molar-refractivity contribution in [3.05, 3.63) is 24.4 Å². The lowest BCUT2D eigenvalue weighted by Crippen LogP contribution is -2.14. The number of nitrogens with one attached hydrogen (secondary N) is 2. The first-order valence-corrected chi connectivity index (χ1v) is 5.48. The molecule has 4 heteroatoms. The lowest BCUT2D eigenvalue weighted by atomic mass is 10.2. The molecule has 0 aliphatic heterocycles. The summed E-state index contributed by atoms with van der Waals surface area (Å²) in [5, 5.41) is 10.8. The SMILES string of the molecule is C[C@@H]1C[C@@H]1C(=O)Nc1ccc2[nH]ncc2c1. The normalized spacial score (nSPS) is 23.3. The number of carbonyl (C=O) groups excluding carboxylic acids is 1. The molecule has 1 aromatic carbocycles. The van der Waals surface area contributed by atoms with E-state index in [-0.39, 0.29) is 11.8 Å². The molecule has 3 rings (SSSR count). The van der Waals surface area contributed by atoms with E-state index >= 15 is 0 Å². The van der Waals surface area contributed by atoms with E-state index in [1.54, 1.807) is 6.20 Å². The minimum absolute atomic E-state index is 0.135. The predicted octanol–water partition coefficient (Wildman–Crippen LogP) is 2.16. The molecule has 1 amide bonds. The first-order chi connectivity index (χ1) is 7.74. The quantitative estimate of drug-likeness (QED) is 0.806. The van der Waals surface area contributed by atoms with E-state index in [0.717, 1.165) is 23.0 Å². The second kappa shape index (κ2) is 3.33. The summed E-state index contributed by atoms with van der Waals surface area (Å²) in [6.07, 6.45) is 2.77. The van der Waals surface area contributed by atoms with Crippen LogP contribution >= 0.6 is 0 Å². The number of H-pyrrole nitrogens is 1. The summed E-state index contributed by atoms with van der Waals surface area (Å²) in [5.74, 6) is 0.882. The monoisotopic (exact) mass is 215 g/mol. The maximum absolute atomic E-state index is 11.7. The summed E-state index contributed by atoms with van der Waals surface area (Å²) in [5.41, 5.74) is 1.83. The molecule has 0 radical (unpaired) electrons. The molecule has 82 valence electrons. The third-order valence-electron chi connectivity index (χ3n) is 3.15. The zero-order valence-corrected chi connectivity index (χ0v) is 9.03. The Kier molecular flexibility index (Phi) is 1.96. The molecule has 0 spiro atoms. The number of anilines is 1. The first kappa shape index (κ1) is 9.39. The Balaban J connectivity index is 1.80. The van der Waals surface area contributed by atoms with Crippen LogP contribution in [0.5, 0.6) is 0 Å². The smallest absolute Gasteiger partial charge is 0.227 e. The molecule has 0 saturated heterocycles. The summed E-state index contributed by atoms with van der Waals surface area (Å²) in [6.45, 7) is 2.10. The molecular formula is C12H13N3O. The summed E-state index contributed by atoms with van der Waals surface area (Å²) >= 11 is 0. The number of hydrogen-bond acceptors (Lipinski definition) is 2. The summed E-state index contributed by atoms with van der Waals surface area (Å²) in [4.78, 5) is 11.7. The fourth-order valence-corrected chi connectivity index (χ4v) is 1.94. The Hall–Kier alpha value is -1.84. The van der Waals surface area contributed by atoms with Crippen molar-refractivity contribution in [3.63, 3.8) is 0 Å². The van der Waals surface area contributed by atoms with Crippen molar-refractivity contribution in [2.24, 2.45) is 11.8 Å². The number of aromatic nitrogens is 2. The van der Waals surface area contributed by atoms with Crippen molar-refractivity contribution in [2.75, 3.05) is 5.32 Å². The van der Waals surface area contributed by atoms with E-state index in [9.17, 15) is 4.79 Å². The van der Waals surface area contributed by atoms with Crippen molar-refractivity contribution in [1.82, 2.24) is 10.2 Å². The van der Waals surface area contributed by atoms with Crippen LogP contribution in [-0.2, 0) is 4.79 Å². The molecular weight excluding hydrogens is 202 g/mol. The standard InChI is InChI=1S/C12H13N3O/c1-7-4-10(7)12(16)14-9-2-3-11-8(5-9)6-13-15-11/h2-3,5-7,10H,4H2,1H3,(H,13,15)(H,14,16)/t7-,10+/m1/s1. The van der Waals surface area contributed by atoms with Gasteiger partial charge < -0.3 is 5.32 Å². The van der Waals surface area contributed by atoms with Gasteiger partial charge in [0.1, 0.15) is 0 Å². The molecule has 1 aliphatic carbocycles. The Bertz CT molecular complexity index is 546. The second-order valence-electron chi connectivity index (χ2n) is 4.48. The van der Waals surface area contributed by atoms with Crippen molar-refractivity contribution in [3.8, 4) is 0 Å². The molecule has 1 aromatic heterocycles. The molecule has 1 fully saturated rings. The number of rotatable bonds is 2. The van der Waals surface area contributed by atoms with Gasteiger partial charge in [-0.05, 0) is 30.5 Å². The van der Waals surface area contributed by atoms with Crippen LogP contribution in [0.25, 0.3) is 10.9 Å². The highest BCUT2D eigenvalue weighted by atomic mass is 16.2. The average Bonchev–Trinajstić information content (AvgIpc) is 2.83. The predicted molar refractivity (Wildman–Crippen MR) is 62.0 cm³/mol. The van der Waals surface area contributed by atoms with Gasteiger partial charge in [0.05, 0.1) is 11.7 Å². The van der Waals surface area contributed by atoms with Gasteiger partial charge in [-0.15, -0.1) is 0 Å². The zero-order chi connectivity index (χ0) is 11.1. The molecule has 0 unspecified atom stereocenters. The Morgan fingerprint density at radius 2 is 2.38 bits per heavy atom. The number of hydrogen-bond donors (Lipinski definition) is 2. The van der Waals surface area contributed by atoms with Crippen LogP contribution in [0, 0.1) is 11.8 Å². The minimum Gasteiger partial charge on any atom is -0.326 e. The third kappa shape index (κ3) is 1.56. The lowest BCUT2D eigenvalue weighted by molar-refractivity contribution is -0.117. The lowest BCUT2D eigenvalue weighted by Gasteiger charge is -2.03. The molecule has 2 N–H and O–H groups in total. The van der Waals surface area contributed by atoms with E-state index in [1.165, 1.54) is 0 Å². The van der Waals surface area contributed by atoms with E-state index in [1.807, 2.05) is 18.2 Å². The van der Waals surface area contributed by atoms with Crippen LogP contribution < -0.4 is 5.32 Å². The Labute approximate surface area is 93.0 Å². The average molecular weight is 215 g/mol. The topological polar surface area (TPSA) is 57.8 Å². The van der Waals surface area contributed by atoms with Crippen molar-refractivity contribution < 1.29 is 4.79 Å². The summed E-state index contributed by atoms with van der Waals surface area (Å²) in [7, 11) is 0. The fraction of sp³-hybridized carbons (Fsp3) is 0.333. The van der Waals surface area contributed by atoms with E-state index < -0.39 is 0 Å². The largest absolute Gasteiger partial charge is 0.326 e. The number of nitrogens with zero attached hydrogens (tertiary/aromatic N) is 1. The van der Waals surface area contributed by atoms with Gasteiger partial charge in [-0.3, -0.25) is 9.89 Å². The molecule has 16 heavy (non-hydrogen) atoms. The highest BCUT2D eigenvalue weighted by molar-refractivity contribution is 5.96. The molecule has 1 saturated carbocycles. The number of aromatic amines is 1. The highest BCUT2D eigenvalue weighted by Crippen LogP contribution is 2.38. The first-order valence-electron chi connectivity index (χ1n) is 5.48. The van der Waals surface area contributed by atoms with Gasteiger partial charge >= 0.3 is 0 Å². The zero-order valence-electron chi connectivity index (χ0n) is 9.03. The van der Waals surface area contributed by atoms with E-state index in [2.05, 4.69) is 22.4 Å². The van der Waals surface area contributed by atoms with Gasteiger partial charge in [-0.25, -0.2) is 0 Å².